The van der Waals surface area contributed by atoms with Crippen LogP contribution >= 0.6 is 0 Å². The molecule has 4 rings (SSSR count). The average molecular weight is 364 g/mol. The third kappa shape index (κ3) is 3.26. The van der Waals surface area contributed by atoms with Crippen LogP contribution in [-0.2, 0) is 11.2 Å². The van der Waals surface area contributed by atoms with Gasteiger partial charge < -0.3 is 19.5 Å². The summed E-state index contributed by atoms with van der Waals surface area (Å²) in [7, 11) is 3.22. The molecule has 0 unspecified atom stereocenters. The van der Waals surface area contributed by atoms with E-state index in [4.69, 9.17) is 14.2 Å². The zero-order valence-corrected chi connectivity index (χ0v) is 15.2. The first kappa shape index (κ1) is 17.1. The molecular formula is C21H20N2O4. The van der Waals surface area contributed by atoms with Gasteiger partial charge in [-0.25, -0.2) is 0 Å². The molecule has 1 aliphatic rings. The van der Waals surface area contributed by atoms with Crippen LogP contribution in [0.2, 0.25) is 0 Å². The number of rotatable bonds is 4. The van der Waals surface area contributed by atoms with Crippen LogP contribution in [0.5, 0.6) is 17.2 Å². The van der Waals surface area contributed by atoms with E-state index in [1.54, 1.807) is 20.4 Å². The maximum atomic E-state index is 12.8. The van der Waals surface area contributed by atoms with Gasteiger partial charge in [0.2, 0.25) is 5.91 Å². The number of benzene rings is 2. The van der Waals surface area contributed by atoms with E-state index in [2.05, 4.69) is 10.3 Å². The number of methoxy groups -OCH3 is 2. The molecule has 6 nitrogen and oxygen atoms in total. The summed E-state index contributed by atoms with van der Waals surface area (Å²) in [6, 6.07) is 13.1. The summed E-state index contributed by atoms with van der Waals surface area (Å²) in [4.78, 5) is 17.2. The van der Waals surface area contributed by atoms with Gasteiger partial charge in [-0.1, -0.05) is 6.07 Å². The number of aromatic nitrogens is 1. The summed E-state index contributed by atoms with van der Waals surface area (Å²) in [5, 5.41) is 3.86. The van der Waals surface area contributed by atoms with Crippen molar-refractivity contribution in [3.05, 3.63) is 54.2 Å². The van der Waals surface area contributed by atoms with Gasteiger partial charge in [0.05, 0.1) is 25.8 Å². The van der Waals surface area contributed by atoms with Gasteiger partial charge in [0.1, 0.15) is 29.4 Å². The van der Waals surface area contributed by atoms with Crippen LogP contribution in [-0.4, -0.2) is 31.7 Å². The minimum Gasteiger partial charge on any atom is -0.497 e. The lowest BCUT2D eigenvalue weighted by Crippen LogP contribution is -2.32. The maximum Gasteiger partial charge on any atom is 0.231 e. The molecule has 1 atom stereocenters. The fourth-order valence-corrected chi connectivity index (χ4v) is 3.30. The highest BCUT2D eigenvalue weighted by Gasteiger charge is 2.27. The molecular weight excluding hydrogens is 344 g/mol. The third-order valence-corrected chi connectivity index (χ3v) is 4.76. The van der Waals surface area contributed by atoms with Crippen LogP contribution in [0.25, 0.3) is 10.9 Å². The van der Waals surface area contributed by atoms with Crippen molar-refractivity contribution in [3.63, 3.8) is 0 Å². The summed E-state index contributed by atoms with van der Waals surface area (Å²) < 4.78 is 16.4. The van der Waals surface area contributed by atoms with Crippen molar-refractivity contribution >= 4 is 22.5 Å². The van der Waals surface area contributed by atoms with Gasteiger partial charge in [0, 0.05) is 17.6 Å². The lowest BCUT2D eigenvalue weighted by atomic mass is 9.95. The van der Waals surface area contributed by atoms with Gasteiger partial charge in [0.15, 0.2) is 0 Å². The molecule has 138 valence electrons. The van der Waals surface area contributed by atoms with Gasteiger partial charge in [-0.15, -0.1) is 0 Å². The number of hydrogen-bond donors (Lipinski definition) is 1. The number of ether oxygens (including phenoxy) is 3. The van der Waals surface area contributed by atoms with Crippen molar-refractivity contribution in [1.82, 2.24) is 4.98 Å². The number of carbonyl (C=O) groups is 1. The molecule has 0 bridgehead atoms. The van der Waals surface area contributed by atoms with Gasteiger partial charge in [-0.05, 0) is 42.3 Å². The monoisotopic (exact) mass is 364 g/mol. The van der Waals surface area contributed by atoms with Crippen LogP contribution in [0.4, 0.5) is 5.69 Å². The highest BCUT2D eigenvalue weighted by molar-refractivity contribution is 6.03. The van der Waals surface area contributed by atoms with Crippen LogP contribution in [0.15, 0.2) is 48.7 Å². The first-order valence-electron chi connectivity index (χ1n) is 8.72. The lowest BCUT2D eigenvalue weighted by molar-refractivity contribution is -0.121. The van der Waals surface area contributed by atoms with Crippen molar-refractivity contribution in [2.75, 3.05) is 26.1 Å². The number of fused-ring (bicyclic) bond motifs is 2. The average Bonchev–Trinajstić information content (AvgIpc) is 2.73. The summed E-state index contributed by atoms with van der Waals surface area (Å²) in [6.45, 7) is 0.332. The van der Waals surface area contributed by atoms with Crippen molar-refractivity contribution in [2.45, 2.75) is 6.42 Å². The lowest BCUT2D eigenvalue weighted by Gasteiger charge is -2.25. The Morgan fingerprint density at radius 3 is 2.89 bits per heavy atom. The molecule has 1 N–H and O–H groups in total. The Balaban J connectivity index is 1.56. The molecule has 0 saturated carbocycles. The number of anilines is 1. The Morgan fingerprint density at radius 2 is 2.07 bits per heavy atom. The number of hydrogen-bond acceptors (Lipinski definition) is 5. The van der Waals surface area contributed by atoms with Crippen LogP contribution in [0.3, 0.4) is 0 Å². The van der Waals surface area contributed by atoms with Gasteiger partial charge in [-0.2, -0.15) is 0 Å². The molecule has 2 heterocycles. The highest BCUT2D eigenvalue weighted by Crippen LogP contribution is 2.33. The molecule has 0 fully saturated rings. The smallest absolute Gasteiger partial charge is 0.231 e. The van der Waals surface area contributed by atoms with E-state index < -0.39 is 0 Å². The Morgan fingerprint density at radius 1 is 1.19 bits per heavy atom. The summed E-state index contributed by atoms with van der Waals surface area (Å²) in [5.74, 6) is 1.85. The second-order valence-electron chi connectivity index (χ2n) is 6.39. The molecule has 0 radical (unpaired) electrons. The van der Waals surface area contributed by atoms with E-state index >= 15 is 0 Å². The molecule has 3 aromatic rings. The summed E-state index contributed by atoms with van der Waals surface area (Å²) in [5.41, 5.74) is 2.43. The molecule has 2 aromatic carbocycles. The minimum absolute atomic E-state index is 0.0770. The minimum atomic E-state index is -0.264. The Hall–Kier alpha value is -3.28. The first-order chi connectivity index (χ1) is 13.2. The number of nitrogens with one attached hydrogen (secondary N) is 1. The zero-order valence-electron chi connectivity index (χ0n) is 15.2. The van der Waals surface area contributed by atoms with Crippen molar-refractivity contribution in [3.8, 4) is 17.2 Å². The first-order valence-corrected chi connectivity index (χ1v) is 8.72. The Labute approximate surface area is 157 Å². The Bertz CT molecular complexity index is 1000. The standard InChI is InChI=1S/C21H20N2O4/c1-25-15-6-5-13-10-14(12-27-19(13)11-15)21(24)23-17-7-8-18(26-2)20-16(17)4-3-9-22-20/h3-9,11,14H,10,12H2,1-2H3,(H,23,24)/t14-/m1/s1. The number of amides is 1. The molecule has 0 aliphatic carbocycles. The van der Waals surface area contributed by atoms with E-state index in [0.717, 1.165) is 28.0 Å². The summed E-state index contributed by atoms with van der Waals surface area (Å²) >= 11 is 0. The molecule has 0 spiro atoms. The SMILES string of the molecule is COc1ccc2c(c1)OC[C@H](C(=O)Nc1ccc(OC)c3ncccc13)C2. The second-order valence-corrected chi connectivity index (χ2v) is 6.39. The number of pyridine rings is 1. The fourth-order valence-electron chi connectivity index (χ4n) is 3.30. The zero-order chi connectivity index (χ0) is 18.8. The molecule has 27 heavy (non-hydrogen) atoms. The maximum absolute atomic E-state index is 12.8. The molecule has 1 aliphatic heterocycles. The van der Waals surface area contributed by atoms with Gasteiger partial charge >= 0.3 is 0 Å². The third-order valence-electron chi connectivity index (χ3n) is 4.76. The molecule has 0 saturated heterocycles. The van der Waals surface area contributed by atoms with E-state index in [1.807, 2.05) is 42.5 Å². The van der Waals surface area contributed by atoms with Crippen molar-refractivity contribution < 1.29 is 19.0 Å². The van der Waals surface area contributed by atoms with E-state index in [-0.39, 0.29) is 11.8 Å². The second kappa shape index (κ2) is 7.15. The van der Waals surface area contributed by atoms with E-state index in [0.29, 0.717) is 24.5 Å². The summed E-state index contributed by atoms with van der Waals surface area (Å²) in [6.07, 6.45) is 2.33. The van der Waals surface area contributed by atoms with Gasteiger partial charge in [0.25, 0.3) is 0 Å². The van der Waals surface area contributed by atoms with Crippen LogP contribution in [0, 0.1) is 5.92 Å². The van der Waals surface area contributed by atoms with Crippen molar-refractivity contribution in [1.29, 1.82) is 0 Å². The normalized spacial score (nSPS) is 15.6. The quantitative estimate of drug-likeness (QED) is 0.768. The molecule has 6 heteroatoms. The van der Waals surface area contributed by atoms with Crippen LogP contribution in [0.1, 0.15) is 5.56 Å². The highest BCUT2D eigenvalue weighted by atomic mass is 16.5. The number of carbonyl (C=O) groups excluding carboxylic acids is 1. The topological polar surface area (TPSA) is 69.7 Å². The predicted molar refractivity (Wildman–Crippen MR) is 103 cm³/mol. The molecule has 1 aromatic heterocycles. The largest absolute Gasteiger partial charge is 0.497 e. The Kier molecular flexibility index (Phi) is 4.54. The fraction of sp³-hybridized carbons (Fsp3) is 0.238. The van der Waals surface area contributed by atoms with Crippen molar-refractivity contribution in [2.24, 2.45) is 5.92 Å². The molecule has 1 amide bonds. The predicted octanol–water partition coefficient (Wildman–Crippen LogP) is 3.44. The van der Waals surface area contributed by atoms with Gasteiger partial charge in [-0.3, -0.25) is 9.78 Å². The van der Waals surface area contributed by atoms with Crippen LogP contribution < -0.4 is 19.5 Å². The van der Waals surface area contributed by atoms with E-state index in [9.17, 15) is 4.79 Å². The number of nitrogens with zero attached hydrogens (tertiary/aromatic N) is 1. The van der Waals surface area contributed by atoms with E-state index in [1.165, 1.54) is 0 Å².